The Morgan fingerprint density at radius 1 is 0.846 bits per heavy atom. The minimum absolute atomic E-state index is 0.206. The molecule has 2 aromatic heterocycles. The first kappa shape index (κ1) is 19.2. The first-order valence-corrected chi connectivity index (χ1v) is 8.30. The lowest BCUT2D eigenvalue weighted by Gasteiger charge is -2.02. The molecule has 0 spiro atoms. The monoisotopic (exact) mass is 358 g/mol. The molecule has 2 rings (SSSR count). The Bertz CT molecular complexity index is 695. The van der Waals surface area contributed by atoms with Crippen LogP contribution in [0.3, 0.4) is 0 Å². The number of rotatable bonds is 9. The maximum absolute atomic E-state index is 11.7. The van der Waals surface area contributed by atoms with Gasteiger partial charge >= 0.3 is 0 Å². The van der Waals surface area contributed by atoms with Crippen molar-refractivity contribution in [3.63, 3.8) is 0 Å². The number of nitrogens with zero attached hydrogens (tertiary/aromatic N) is 2. The van der Waals surface area contributed by atoms with Crippen LogP contribution >= 0.6 is 0 Å². The average molecular weight is 358 g/mol. The zero-order valence-electron chi connectivity index (χ0n) is 14.8. The highest BCUT2D eigenvalue weighted by Crippen LogP contribution is 2.04. The highest BCUT2D eigenvalue weighted by atomic mass is 16.3. The molecule has 26 heavy (non-hydrogen) atoms. The number of furan rings is 2. The highest BCUT2D eigenvalue weighted by Gasteiger charge is 2.06. The van der Waals surface area contributed by atoms with Gasteiger partial charge in [-0.3, -0.25) is 9.59 Å². The van der Waals surface area contributed by atoms with E-state index in [4.69, 9.17) is 8.83 Å². The van der Waals surface area contributed by atoms with Gasteiger partial charge < -0.3 is 8.83 Å². The summed E-state index contributed by atoms with van der Waals surface area (Å²) in [5.41, 5.74) is 6.12. The number of carbonyl (C=O) groups is 2. The molecule has 0 bridgehead atoms. The molecule has 0 atom stereocenters. The molecule has 0 radical (unpaired) electrons. The average Bonchev–Trinajstić information content (AvgIpc) is 3.34. The van der Waals surface area contributed by atoms with Gasteiger partial charge in [-0.2, -0.15) is 10.2 Å². The quantitative estimate of drug-likeness (QED) is 0.408. The van der Waals surface area contributed by atoms with Crippen LogP contribution in [0.4, 0.5) is 0 Å². The van der Waals surface area contributed by atoms with Crippen LogP contribution in [0.2, 0.25) is 0 Å². The molecule has 0 saturated heterocycles. The van der Waals surface area contributed by atoms with Gasteiger partial charge in [0.05, 0.1) is 12.5 Å². The minimum Gasteiger partial charge on any atom is -0.463 e. The summed E-state index contributed by atoms with van der Waals surface area (Å²) >= 11 is 0. The fourth-order valence-corrected chi connectivity index (χ4v) is 2.05. The number of amides is 2. The van der Waals surface area contributed by atoms with E-state index in [9.17, 15) is 9.59 Å². The van der Waals surface area contributed by atoms with E-state index < -0.39 is 0 Å². The standard InChI is InChI=1S/C18H22N4O4/c1-13(15-7-5-11-25-15)19-21-17(23)9-3-4-10-18(24)22-20-14(2)16-8-6-12-26-16/h5-8,11-12H,3-4,9-10H2,1-2H3,(H,21,23)(H,22,24)/b19-13-,20-14-. The predicted octanol–water partition coefficient (Wildman–Crippen LogP) is 2.81. The van der Waals surface area contributed by atoms with Gasteiger partial charge in [-0.15, -0.1) is 0 Å². The van der Waals surface area contributed by atoms with E-state index in [-0.39, 0.29) is 24.7 Å². The van der Waals surface area contributed by atoms with Gasteiger partial charge in [-0.25, -0.2) is 10.9 Å². The fraction of sp³-hybridized carbons (Fsp3) is 0.333. The molecule has 0 aromatic carbocycles. The van der Waals surface area contributed by atoms with Crippen molar-refractivity contribution in [1.82, 2.24) is 10.9 Å². The van der Waals surface area contributed by atoms with Crippen molar-refractivity contribution >= 4 is 23.2 Å². The molecule has 8 nitrogen and oxygen atoms in total. The van der Waals surface area contributed by atoms with Crippen LogP contribution < -0.4 is 10.9 Å². The summed E-state index contributed by atoms with van der Waals surface area (Å²) < 4.78 is 10.3. The van der Waals surface area contributed by atoms with Gasteiger partial charge in [0.1, 0.15) is 22.9 Å². The normalized spacial score (nSPS) is 12.1. The maximum atomic E-state index is 11.7. The third-order valence-corrected chi connectivity index (χ3v) is 3.51. The molecule has 0 unspecified atom stereocenters. The molecule has 0 saturated carbocycles. The summed E-state index contributed by atoms with van der Waals surface area (Å²) in [5, 5.41) is 7.94. The fourth-order valence-electron chi connectivity index (χ4n) is 2.05. The number of unbranched alkanes of at least 4 members (excludes halogenated alkanes) is 1. The van der Waals surface area contributed by atoms with Crippen molar-refractivity contribution in [2.24, 2.45) is 10.2 Å². The molecule has 0 aliphatic rings. The van der Waals surface area contributed by atoms with E-state index in [2.05, 4.69) is 21.1 Å². The van der Waals surface area contributed by atoms with Crippen LogP contribution in [0.15, 0.2) is 55.8 Å². The van der Waals surface area contributed by atoms with E-state index in [1.807, 2.05) is 0 Å². The molecule has 0 aliphatic carbocycles. The number of nitrogens with one attached hydrogen (secondary N) is 2. The number of hydrogen-bond donors (Lipinski definition) is 2. The Kier molecular flexibility index (Phi) is 7.35. The summed E-state index contributed by atoms with van der Waals surface area (Å²) in [4.78, 5) is 23.5. The Labute approximate surface area is 151 Å². The summed E-state index contributed by atoms with van der Waals surface area (Å²) in [6, 6.07) is 7.03. The van der Waals surface area contributed by atoms with Crippen molar-refractivity contribution in [2.75, 3.05) is 0 Å². The van der Waals surface area contributed by atoms with Gasteiger partial charge in [0.2, 0.25) is 11.8 Å². The second kappa shape index (κ2) is 9.97. The zero-order chi connectivity index (χ0) is 18.8. The second-order valence-electron chi connectivity index (χ2n) is 5.63. The van der Waals surface area contributed by atoms with Crippen LogP contribution in [0.25, 0.3) is 0 Å². The largest absolute Gasteiger partial charge is 0.463 e. The first-order chi connectivity index (χ1) is 12.6. The molecular formula is C18H22N4O4. The van der Waals surface area contributed by atoms with Crippen LogP contribution in [0, 0.1) is 0 Å². The van der Waals surface area contributed by atoms with Crippen LogP contribution in [0.5, 0.6) is 0 Å². The van der Waals surface area contributed by atoms with Crippen molar-refractivity contribution in [3.05, 3.63) is 48.3 Å². The maximum Gasteiger partial charge on any atom is 0.240 e. The van der Waals surface area contributed by atoms with Crippen LogP contribution in [0.1, 0.15) is 51.1 Å². The molecule has 138 valence electrons. The Morgan fingerprint density at radius 2 is 1.27 bits per heavy atom. The van der Waals surface area contributed by atoms with Gasteiger partial charge in [0, 0.05) is 12.8 Å². The first-order valence-electron chi connectivity index (χ1n) is 8.30. The Balaban J connectivity index is 1.60. The minimum atomic E-state index is -0.206. The molecule has 0 fully saturated rings. The summed E-state index contributed by atoms with van der Waals surface area (Å²) in [6.45, 7) is 3.49. The van der Waals surface area contributed by atoms with Crippen molar-refractivity contribution in [2.45, 2.75) is 39.5 Å². The van der Waals surface area contributed by atoms with Crippen molar-refractivity contribution in [3.8, 4) is 0 Å². The molecule has 8 heteroatoms. The lowest BCUT2D eigenvalue weighted by Crippen LogP contribution is -2.20. The summed E-state index contributed by atoms with van der Waals surface area (Å²) in [5.74, 6) is 0.797. The van der Waals surface area contributed by atoms with E-state index in [1.54, 1.807) is 50.6 Å². The topological polar surface area (TPSA) is 109 Å². The van der Waals surface area contributed by atoms with Crippen LogP contribution in [-0.4, -0.2) is 23.2 Å². The van der Waals surface area contributed by atoms with Gasteiger partial charge in [0.15, 0.2) is 0 Å². The van der Waals surface area contributed by atoms with Gasteiger partial charge in [-0.05, 0) is 51.0 Å². The van der Waals surface area contributed by atoms with E-state index in [0.29, 0.717) is 35.8 Å². The molecular weight excluding hydrogens is 336 g/mol. The Hall–Kier alpha value is -3.16. The zero-order valence-corrected chi connectivity index (χ0v) is 14.8. The van der Waals surface area contributed by atoms with E-state index >= 15 is 0 Å². The third kappa shape index (κ3) is 6.39. The SMILES string of the molecule is C/C(=N/NC(=O)CCCCC(=O)N/N=C(/C)c1ccco1)c1ccco1. The summed E-state index contributed by atoms with van der Waals surface area (Å²) in [6.07, 6.45) is 4.82. The molecule has 2 heterocycles. The van der Waals surface area contributed by atoms with Crippen LogP contribution in [-0.2, 0) is 9.59 Å². The van der Waals surface area contributed by atoms with Gasteiger partial charge in [-0.1, -0.05) is 0 Å². The van der Waals surface area contributed by atoms with E-state index in [1.165, 1.54) is 0 Å². The molecule has 2 N–H and O–H groups in total. The second-order valence-corrected chi connectivity index (χ2v) is 5.63. The van der Waals surface area contributed by atoms with Crippen molar-refractivity contribution in [1.29, 1.82) is 0 Å². The number of hydrogen-bond acceptors (Lipinski definition) is 6. The van der Waals surface area contributed by atoms with Gasteiger partial charge in [0.25, 0.3) is 0 Å². The third-order valence-electron chi connectivity index (χ3n) is 3.51. The Morgan fingerprint density at radius 3 is 1.62 bits per heavy atom. The smallest absolute Gasteiger partial charge is 0.240 e. The number of carbonyl (C=O) groups excluding carboxylic acids is 2. The summed E-state index contributed by atoms with van der Waals surface area (Å²) in [7, 11) is 0. The van der Waals surface area contributed by atoms with Crippen molar-refractivity contribution < 1.29 is 18.4 Å². The lowest BCUT2D eigenvalue weighted by molar-refractivity contribution is -0.123. The lowest BCUT2D eigenvalue weighted by atomic mass is 10.2. The number of hydrazone groups is 2. The predicted molar refractivity (Wildman–Crippen MR) is 96.6 cm³/mol. The molecule has 0 aliphatic heterocycles. The molecule has 2 amide bonds. The molecule has 2 aromatic rings. The highest BCUT2D eigenvalue weighted by molar-refractivity contribution is 5.97. The van der Waals surface area contributed by atoms with E-state index in [0.717, 1.165) is 0 Å².